The van der Waals surface area contributed by atoms with E-state index >= 15 is 0 Å². The molecule has 3 nitrogen and oxygen atoms in total. The summed E-state index contributed by atoms with van der Waals surface area (Å²) < 4.78 is 23.5. The Balaban J connectivity index is 2.08. The smallest absolute Gasteiger partial charge is 0.150 e. The molecule has 3 rings (SSSR count). The van der Waals surface area contributed by atoms with Gasteiger partial charge >= 0.3 is 0 Å². The van der Waals surface area contributed by atoms with E-state index in [1.165, 1.54) is 0 Å². The second-order valence-corrected chi connectivity index (χ2v) is 8.25. The Morgan fingerprint density at radius 2 is 1.90 bits per heavy atom. The Kier molecular flexibility index (Phi) is 3.95. The van der Waals surface area contributed by atoms with Crippen LogP contribution in [-0.4, -0.2) is 27.0 Å². The van der Waals surface area contributed by atoms with Crippen molar-refractivity contribution < 1.29 is 8.42 Å². The van der Waals surface area contributed by atoms with E-state index in [0.29, 0.717) is 12.2 Å². The number of nitrogens with one attached hydrogen (secondary N) is 1. The normalized spacial score (nSPS) is 22.5. The molecule has 1 N–H and O–H groups in total. The number of sulfone groups is 1. The van der Waals surface area contributed by atoms with Crippen LogP contribution in [0.5, 0.6) is 0 Å². The van der Waals surface area contributed by atoms with Crippen LogP contribution in [0.4, 0.5) is 0 Å². The van der Waals surface area contributed by atoms with Gasteiger partial charge in [0, 0.05) is 16.5 Å². The molecule has 0 saturated carbocycles. The maximum absolute atomic E-state index is 11.8. The zero-order chi connectivity index (χ0) is 15.0. The van der Waals surface area contributed by atoms with Crippen LogP contribution in [0.2, 0.25) is 5.02 Å². The molecule has 112 valence electrons. The predicted molar refractivity (Wildman–Crippen MR) is 87.5 cm³/mol. The zero-order valence-corrected chi connectivity index (χ0v) is 13.4. The molecule has 0 spiro atoms. The molecule has 2 unspecified atom stereocenters. The monoisotopic (exact) mass is 323 g/mol. The van der Waals surface area contributed by atoms with Gasteiger partial charge in [-0.05, 0) is 36.4 Å². The Bertz CT molecular complexity index is 773. The van der Waals surface area contributed by atoms with Crippen molar-refractivity contribution in [1.29, 1.82) is 0 Å². The highest BCUT2D eigenvalue weighted by Crippen LogP contribution is 2.36. The van der Waals surface area contributed by atoms with Crippen LogP contribution in [0.3, 0.4) is 0 Å². The molecule has 0 aromatic heterocycles. The number of halogens is 1. The van der Waals surface area contributed by atoms with Gasteiger partial charge in [-0.25, -0.2) is 8.42 Å². The van der Waals surface area contributed by atoms with E-state index in [9.17, 15) is 8.42 Å². The van der Waals surface area contributed by atoms with Gasteiger partial charge in [-0.2, -0.15) is 0 Å². The number of hydrogen-bond acceptors (Lipinski definition) is 3. The molecule has 1 heterocycles. The first kappa shape index (κ1) is 14.8. The third-order valence-corrected chi connectivity index (χ3v) is 6.41. The molecular weight excluding hydrogens is 306 g/mol. The van der Waals surface area contributed by atoms with Crippen molar-refractivity contribution >= 4 is 32.2 Å². The average molecular weight is 324 g/mol. The molecule has 0 aliphatic carbocycles. The van der Waals surface area contributed by atoms with Gasteiger partial charge in [-0.3, -0.25) is 0 Å². The fraction of sp³-hybridized carbons (Fsp3) is 0.375. The summed E-state index contributed by atoms with van der Waals surface area (Å²) in [6.07, 6.45) is 0.713. The second-order valence-electron chi connectivity index (χ2n) is 5.61. The Morgan fingerprint density at radius 3 is 2.52 bits per heavy atom. The number of fused-ring (bicyclic) bond motifs is 1. The minimum Gasteiger partial charge on any atom is -0.313 e. The van der Waals surface area contributed by atoms with E-state index in [4.69, 9.17) is 11.6 Å². The Labute approximate surface area is 130 Å². The lowest BCUT2D eigenvalue weighted by Crippen LogP contribution is -2.26. The van der Waals surface area contributed by atoms with Gasteiger partial charge in [0.2, 0.25) is 0 Å². The molecule has 2 aromatic rings. The maximum Gasteiger partial charge on any atom is 0.150 e. The van der Waals surface area contributed by atoms with Gasteiger partial charge in [0.15, 0.2) is 9.84 Å². The summed E-state index contributed by atoms with van der Waals surface area (Å²) in [6.45, 7) is 0. The van der Waals surface area contributed by atoms with E-state index in [0.717, 1.165) is 21.4 Å². The van der Waals surface area contributed by atoms with Crippen molar-refractivity contribution in [2.24, 2.45) is 5.92 Å². The third kappa shape index (κ3) is 2.80. The predicted octanol–water partition coefficient (Wildman–Crippen LogP) is 3.19. The molecule has 2 atom stereocenters. The van der Waals surface area contributed by atoms with Crippen molar-refractivity contribution in [2.75, 3.05) is 18.6 Å². The molecular formula is C16H18ClNO2S. The molecule has 1 aliphatic heterocycles. The van der Waals surface area contributed by atoms with E-state index in [1.54, 1.807) is 0 Å². The number of rotatable bonds is 3. The summed E-state index contributed by atoms with van der Waals surface area (Å²) >= 11 is 6.27. The van der Waals surface area contributed by atoms with Gasteiger partial charge in [0.1, 0.15) is 0 Å². The van der Waals surface area contributed by atoms with E-state index in [-0.39, 0.29) is 17.7 Å². The van der Waals surface area contributed by atoms with Crippen molar-refractivity contribution in [1.82, 2.24) is 5.32 Å². The Hall–Kier alpha value is -1.10. The van der Waals surface area contributed by atoms with Crippen LogP contribution in [0.15, 0.2) is 36.4 Å². The quantitative estimate of drug-likeness (QED) is 0.943. The van der Waals surface area contributed by atoms with Crippen molar-refractivity contribution in [3.05, 3.63) is 47.0 Å². The van der Waals surface area contributed by atoms with Gasteiger partial charge in [0.25, 0.3) is 0 Å². The van der Waals surface area contributed by atoms with Crippen molar-refractivity contribution in [2.45, 2.75) is 12.5 Å². The molecule has 21 heavy (non-hydrogen) atoms. The topological polar surface area (TPSA) is 46.2 Å². The molecule has 1 saturated heterocycles. The number of benzene rings is 2. The maximum atomic E-state index is 11.8. The minimum atomic E-state index is -2.89. The molecule has 1 aliphatic rings. The summed E-state index contributed by atoms with van der Waals surface area (Å²) in [7, 11) is -0.998. The summed E-state index contributed by atoms with van der Waals surface area (Å²) in [5.41, 5.74) is 1.12. The van der Waals surface area contributed by atoms with E-state index in [2.05, 4.69) is 5.32 Å². The largest absolute Gasteiger partial charge is 0.313 e. The van der Waals surface area contributed by atoms with Gasteiger partial charge < -0.3 is 5.32 Å². The molecule has 2 aromatic carbocycles. The Morgan fingerprint density at radius 1 is 1.19 bits per heavy atom. The van der Waals surface area contributed by atoms with Gasteiger partial charge in [-0.1, -0.05) is 41.9 Å². The minimum absolute atomic E-state index is 0.0319. The van der Waals surface area contributed by atoms with Crippen LogP contribution < -0.4 is 5.32 Å². The number of hydrogen-bond donors (Lipinski definition) is 1. The van der Waals surface area contributed by atoms with Crippen molar-refractivity contribution in [3.63, 3.8) is 0 Å². The van der Waals surface area contributed by atoms with Crippen LogP contribution in [0.1, 0.15) is 18.0 Å². The second kappa shape index (κ2) is 5.59. The van der Waals surface area contributed by atoms with Crippen LogP contribution in [0.25, 0.3) is 10.8 Å². The highest BCUT2D eigenvalue weighted by atomic mass is 35.5. The zero-order valence-electron chi connectivity index (χ0n) is 11.8. The third-order valence-electron chi connectivity index (χ3n) is 4.29. The first-order valence-corrected chi connectivity index (χ1v) is 9.26. The standard InChI is InChI=1S/C16H18ClNO2S/c1-18-16(11-8-9-21(19,20)10-11)14-6-7-15(17)13-5-3-2-4-12(13)14/h2-7,11,16,18H,8-10H2,1H3. The van der Waals surface area contributed by atoms with Crippen LogP contribution >= 0.6 is 11.6 Å². The molecule has 5 heteroatoms. The average Bonchev–Trinajstić information content (AvgIpc) is 2.82. The fourth-order valence-electron chi connectivity index (χ4n) is 3.29. The SMILES string of the molecule is CNC(c1ccc(Cl)c2ccccc12)C1CCS(=O)(=O)C1. The fourth-order valence-corrected chi connectivity index (χ4v) is 5.36. The van der Waals surface area contributed by atoms with Gasteiger partial charge in [-0.15, -0.1) is 0 Å². The summed E-state index contributed by atoms with van der Waals surface area (Å²) in [5.74, 6) is 0.668. The molecule has 1 fully saturated rings. The van der Waals surface area contributed by atoms with Crippen LogP contribution in [0, 0.1) is 5.92 Å². The van der Waals surface area contributed by atoms with Crippen LogP contribution in [-0.2, 0) is 9.84 Å². The molecule has 0 amide bonds. The van der Waals surface area contributed by atoms with Gasteiger partial charge in [0.05, 0.1) is 11.5 Å². The highest BCUT2D eigenvalue weighted by molar-refractivity contribution is 7.91. The lowest BCUT2D eigenvalue weighted by atomic mass is 9.89. The molecule has 0 bridgehead atoms. The summed E-state index contributed by atoms with van der Waals surface area (Å²) in [6, 6.07) is 11.9. The lowest BCUT2D eigenvalue weighted by molar-refractivity contribution is 0.421. The van der Waals surface area contributed by atoms with Crippen molar-refractivity contribution in [3.8, 4) is 0 Å². The van der Waals surface area contributed by atoms with E-state index < -0.39 is 9.84 Å². The summed E-state index contributed by atoms with van der Waals surface area (Å²) in [5, 5.41) is 6.13. The van der Waals surface area contributed by atoms with E-state index in [1.807, 2.05) is 43.4 Å². The lowest BCUT2D eigenvalue weighted by Gasteiger charge is -2.24. The summed E-state index contributed by atoms with van der Waals surface area (Å²) in [4.78, 5) is 0. The first-order chi connectivity index (χ1) is 10.0. The first-order valence-electron chi connectivity index (χ1n) is 7.06. The highest BCUT2D eigenvalue weighted by Gasteiger charge is 2.34. The molecule has 0 radical (unpaired) electrons.